The van der Waals surface area contributed by atoms with Gasteiger partial charge in [-0.15, -0.1) is 0 Å². The molecule has 0 atom stereocenters. The lowest BCUT2D eigenvalue weighted by molar-refractivity contribution is 0.0372. The Morgan fingerprint density at radius 2 is 1.86 bits per heavy atom. The summed E-state index contributed by atoms with van der Waals surface area (Å²) >= 11 is 6.19. The van der Waals surface area contributed by atoms with Crippen LogP contribution in [0.2, 0.25) is 5.02 Å². The van der Waals surface area contributed by atoms with Crippen molar-refractivity contribution in [3.05, 3.63) is 28.8 Å². The van der Waals surface area contributed by atoms with Gasteiger partial charge < -0.3 is 19.9 Å². The minimum absolute atomic E-state index is 0.803. The number of piperazine rings is 1. The first kappa shape index (κ1) is 21.2. The Kier molecular flexibility index (Phi) is 8.25. The molecule has 7 heteroatoms. The molecule has 2 aliphatic rings. The van der Waals surface area contributed by atoms with Crippen LogP contribution < -0.4 is 10.2 Å². The fraction of sp³-hybridized carbons (Fsp3) is 0.667. The summed E-state index contributed by atoms with van der Waals surface area (Å²) in [6, 6.07) is 6.14. The van der Waals surface area contributed by atoms with E-state index in [4.69, 9.17) is 16.3 Å². The lowest BCUT2D eigenvalue weighted by Crippen LogP contribution is -2.52. The molecule has 0 radical (unpaired) electrons. The molecule has 2 fully saturated rings. The van der Waals surface area contributed by atoms with Gasteiger partial charge in [0, 0.05) is 63.6 Å². The minimum Gasteiger partial charge on any atom is -0.379 e. The van der Waals surface area contributed by atoms with Crippen LogP contribution in [0.25, 0.3) is 0 Å². The van der Waals surface area contributed by atoms with Crippen LogP contribution in [-0.4, -0.2) is 88.4 Å². The number of aliphatic imine (C=N–C) groups is 1. The second-order valence-corrected chi connectivity index (χ2v) is 7.98. The van der Waals surface area contributed by atoms with Crippen LogP contribution in [0.15, 0.2) is 23.2 Å². The summed E-state index contributed by atoms with van der Waals surface area (Å²) in [5.74, 6) is 1.02. The van der Waals surface area contributed by atoms with E-state index >= 15 is 0 Å². The fourth-order valence-electron chi connectivity index (χ4n) is 3.90. The monoisotopic (exact) mass is 407 g/mol. The number of hydrogen-bond acceptors (Lipinski definition) is 4. The average Bonchev–Trinajstić information content (AvgIpc) is 2.73. The first-order valence-corrected chi connectivity index (χ1v) is 10.8. The van der Waals surface area contributed by atoms with E-state index in [1.54, 1.807) is 0 Å². The van der Waals surface area contributed by atoms with Crippen LogP contribution in [0.5, 0.6) is 0 Å². The summed E-state index contributed by atoms with van der Waals surface area (Å²) in [7, 11) is 1.88. The predicted octanol–water partition coefficient (Wildman–Crippen LogP) is 2.46. The molecule has 1 aromatic carbocycles. The number of halogens is 1. The van der Waals surface area contributed by atoms with E-state index in [1.165, 1.54) is 24.2 Å². The van der Waals surface area contributed by atoms with Crippen LogP contribution in [-0.2, 0) is 4.74 Å². The Morgan fingerprint density at radius 1 is 1.11 bits per heavy atom. The Morgan fingerprint density at radius 3 is 2.57 bits per heavy atom. The molecule has 0 unspecified atom stereocenters. The molecule has 3 rings (SSSR count). The van der Waals surface area contributed by atoms with E-state index in [1.807, 2.05) is 13.1 Å². The zero-order valence-electron chi connectivity index (χ0n) is 17.3. The van der Waals surface area contributed by atoms with Crippen molar-refractivity contribution in [2.24, 2.45) is 4.99 Å². The summed E-state index contributed by atoms with van der Waals surface area (Å²) in [4.78, 5) is 11.8. The molecular weight excluding hydrogens is 374 g/mol. The normalized spacial score (nSPS) is 19.2. The highest BCUT2D eigenvalue weighted by Crippen LogP contribution is 2.25. The number of hydrogen-bond donors (Lipinski definition) is 1. The van der Waals surface area contributed by atoms with E-state index in [0.29, 0.717) is 0 Å². The van der Waals surface area contributed by atoms with Crippen molar-refractivity contribution in [2.75, 3.05) is 77.5 Å². The zero-order valence-corrected chi connectivity index (χ0v) is 18.0. The highest BCUT2D eigenvalue weighted by atomic mass is 35.5. The number of aryl methyl sites for hydroxylation is 1. The first-order valence-electron chi connectivity index (χ1n) is 10.4. The Hall–Kier alpha value is -1.50. The van der Waals surface area contributed by atoms with Gasteiger partial charge in [0.25, 0.3) is 0 Å². The maximum atomic E-state index is 6.19. The predicted molar refractivity (Wildman–Crippen MR) is 118 cm³/mol. The molecular formula is C21H34ClN5O. The van der Waals surface area contributed by atoms with E-state index in [-0.39, 0.29) is 0 Å². The third-order valence-electron chi connectivity index (χ3n) is 5.59. The van der Waals surface area contributed by atoms with Crippen molar-refractivity contribution < 1.29 is 4.74 Å². The largest absolute Gasteiger partial charge is 0.379 e. The number of unbranched alkanes of at least 4 members (excludes halogenated alkanes) is 1. The Balaban J connectivity index is 1.38. The molecule has 0 aromatic heterocycles. The van der Waals surface area contributed by atoms with Gasteiger partial charge in [0.1, 0.15) is 0 Å². The molecule has 0 bridgehead atoms. The standard InChI is InChI=1S/C21H34ClN5O/c1-18-5-6-19(22)17-20(18)26-9-11-27(12-10-26)21(23-2)24-7-3-4-8-25-13-15-28-16-14-25/h5-6,17H,3-4,7-16H2,1-2H3,(H,23,24). The van der Waals surface area contributed by atoms with Crippen LogP contribution in [0.4, 0.5) is 5.69 Å². The van der Waals surface area contributed by atoms with E-state index in [0.717, 1.165) is 76.4 Å². The third-order valence-corrected chi connectivity index (χ3v) is 5.83. The second-order valence-electron chi connectivity index (χ2n) is 7.54. The number of nitrogens with zero attached hydrogens (tertiary/aromatic N) is 4. The molecule has 2 aliphatic heterocycles. The zero-order chi connectivity index (χ0) is 19.8. The molecule has 6 nitrogen and oxygen atoms in total. The number of nitrogens with one attached hydrogen (secondary N) is 1. The molecule has 156 valence electrons. The van der Waals surface area contributed by atoms with Crippen molar-refractivity contribution >= 4 is 23.2 Å². The van der Waals surface area contributed by atoms with Crippen molar-refractivity contribution in [2.45, 2.75) is 19.8 Å². The quantitative estimate of drug-likeness (QED) is 0.446. The first-order chi connectivity index (χ1) is 13.7. The average molecular weight is 408 g/mol. The number of anilines is 1. The van der Waals surface area contributed by atoms with Gasteiger partial charge in [0.2, 0.25) is 0 Å². The fourth-order valence-corrected chi connectivity index (χ4v) is 4.07. The number of ether oxygens (including phenoxy) is 1. The van der Waals surface area contributed by atoms with Gasteiger partial charge in [-0.2, -0.15) is 0 Å². The van der Waals surface area contributed by atoms with E-state index < -0.39 is 0 Å². The summed E-state index contributed by atoms with van der Waals surface area (Å²) in [5, 5.41) is 4.35. The lowest BCUT2D eigenvalue weighted by Gasteiger charge is -2.38. The summed E-state index contributed by atoms with van der Waals surface area (Å²) in [5.41, 5.74) is 2.53. The molecule has 0 amide bonds. The van der Waals surface area contributed by atoms with Crippen LogP contribution in [0.3, 0.4) is 0 Å². The topological polar surface area (TPSA) is 43.3 Å². The van der Waals surface area contributed by atoms with Gasteiger partial charge in [-0.05, 0) is 44.0 Å². The maximum Gasteiger partial charge on any atom is 0.193 e. The van der Waals surface area contributed by atoms with Gasteiger partial charge in [0.05, 0.1) is 13.2 Å². The SMILES string of the molecule is CN=C(NCCCCN1CCOCC1)N1CCN(c2cc(Cl)ccc2C)CC1. The lowest BCUT2D eigenvalue weighted by atomic mass is 10.1. The molecule has 0 spiro atoms. The molecule has 0 saturated carbocycles. The van der Waals surface area contributed by atoms with Gasteiger partial charge in [-0.3, -0.25) is 9.89 Å². The summed E-state index contributed by atoms with van der Waals surface area (Å²) < 4.78 is 5.40. The summed E-state index contributed by atoms with van der Waals surface area (Å²) in [6.45, 7) is 12.1. The van der Waals surface area contributed by atoms with Crippen LogP contribution in [0, 0.1) is 6.92 Å². The van der Waals surface area contributed by atoms with Crippen molar-refractivity contribution in [3.63, 3.8) is 0 Å². The Labute approximate surface area is 174 Å². The number of rotatable bonds is 6. The number of benzene rings is 1. The molecule has 0 aliphatic carbocycles. The second kappa shape index (κ2) is 10.9. The number of guanidine groups is 1. The molecule has 1 aromatic rings. The third kappa shape index (κ3) is 6.00. The van der Waals surface area contributed by atoms with Gasteiger partial charge in [0.15, 0.2) is 5.96 Å². The van der Waals surface area contributed by atoms with Gasteiger partial charge in [-0.1, -0.05) is 17.7 Å². The number of morpholine rings is 1. The molecule has 1 N–H and O–H groups in total. The molecule has 28 heavy (non-hydrogen) atoms. The van der Waals surface area contributed by atoms with Gasteiger partial charge >= 0.3 is 0 Å². The highest BCUT2D eigenvalue weighted by Gasteiger charge is 2.20. The maximum absolute atomic E-state index is 6.19. The van der Waals surface area contributed by atoms with Crippen LogP contribution >= 0.6 is 11.6 Å². The van der Waals surface area contributed by atoms with Crippen molar-refractivity contribution in [1.82, 2.24) is 15.1 Å². The van der Waals surface area contributed by atoms with Gasteiger partial charge in [-0.25, -0.2) is 0 Å². The molecule has 2 saturated heterocycles. The van der Waals surface area contributed by atoms with Crippen LogP contribution in [0.1, 0.15) is 18.4 Å². The highest BCUT2D eigenvalue weighted by molar-refractivity contribution is 6.30. The summed E-state index contributed by atoms with van der Waals surface area (Å²) in [6.07, 6.45) is 2.38. The van der Waals surface area contributed by atoms with E-state index in [2.05, 4.69) is 44.1 Å². The molecule has 2 heterocycles. The Bertz CT molecular complexity index is 640. The van der Waals surface area contributed by atoms with Crippen molar-refractivity contribution in [3.8, 4) is 0 Å². The van der Waals surface area contributed by atoms with E-state index in [9.17, 15) is 0 Å². The smallest absolute Gasteiger partial charge is 0.193 e. The van der Waals surface area contributed by atoms with Crippen molar-refractivity contribution in [1.29, 1.82) is 0 Å². The minimum atomic E-state index is 0.803.